The van der Waals surface area contributed by atoms with Gasteiger partial charge < -0.3 is 14.5 Å². The summed E-state index contributed by atoms with van der Waals surface area (Å²) in [6.45, 7) is 7.27. The lowest BCUT2D eigenvalue weighted by Crippen LogP contribution is -2.50. The SMILES string of the molecule is CCN1CC[C@]2(C(=O)N3CCCC3)CCN(C(=O)c3cccc(OC)c3)CC[C@H]12. The lowest BCUT2D eigenvalue weighted by molar-refractivity contribution is -0.143. The van der Waals surface area contributed by atoms with Gasteiger partial charge in [-0.05, 0) is 63.4 Å². The molecule has 3 aliphatic rings. The van der Waals surface area contributed by atoms with Crippen LogP contribution < -0.4 is 4.74 Å². The third-order valence-corrected chi connectivity index (χ3v) is 7.25. The van der Waals surface area contributed by atoms with E-state index in [1.54, 1.807) is 13.2 Å². The molecule has 0 aliphatic carbocycles. The van der Waals surface area contributed by atoms with Crippen LogP contribution in [0.2, 0.25) is 0 Å². The van der Waals surface area contributed by atoms with E-state index in [0.29, 0.717) is 30.3 Å². The first-order valence-electron chi connectivity index (χ1n) is 11.1. The third kappa shape index (κ3) is 3.63. The summed E-state index contributed by atoms with van der Waals surface area (Å²) in [6.07, 6.45) is 4.78. The van der Waals surface area contributed by atoms with Gasteiger partial charge in [-0.2, -0.15) is 0 Å². The zero-order chi connectivity index (χ0) is 20.4. The van der Waals surface area contributed by atoms with Crippen LogP contribution in [0.15, 0.2) is 24.3 Å². The van der Waals surface area contributed by atoms with Crippen molar-refractivity contribution in [3.63, 3.8) is 0 Å². The number of nitrogens with zero attached hydrogens (tertiary/aromatic N) is 3. The highest BCUT2D eigenvalue weighted by Crippen LogP contribution is 2.45. The van der Waals surface area contributed by atoms with Crippen molar-refractivity contribution >= 4 is 11.8 Å². The molecule has 0 N–H and O–H groups in total. The molecule has 3 aliphatic heterocycles. The van der Waals surface area contributed by atoms with Gasteiger partial charge in [-0.3, -0.25) is 14.5 Å². The average Bonchev–Trinajstić information content (AvgIpc) is 3.38. The molecule has 2 amide bonds. The van der Waals surface area contributed by atoms with Gasteiger partial charge in [-0.25, -0.2) is 0 Å². The second-order valence-electron chi connectivity index (χ2n) is 8.61. The number of likely N-dealkylation sites (tertiary alicyclic amines) is 3. The van der Waals surface area contributed by atoms with Crippen LogP contribution in [0.4, 0.5) is 0 Å². The molecule has 0 saturated carbocycles. The lowest BCUT2D eigenvalue weighted by Gasteiger charge is -2.38. The maximum absolute atomic E-state index is 13.6. The van der Waals surface area contributed by atoms with Crippen molar-refractivity contribution in [2.75, 3.05) is 46.4 Å². The summed E-state index contributed by atoms with van der Waals surface area (Å²) in [5, 5.41) is 0. The van der Waals surface area contributed by atoms with Gasteiger partial charge in [0.2, 0.25) is 5.91 Å². The molecule has 0 bridgehead atoms. The van der Waals surface area contributed by atoms with Crippen molar-refractivity contribution in [1.82, 2.24) is 14.7 Å². The quantitative estimate of drug-likeness (QED) is 0.781. The van der Waals surface area contributed by atoms with Crippen molar-refractivity contribution in [2.45, 2.75) is 45.1 Å². The van der Waals surface area contributed by atoms with Gasteiger partial charge in [-0.1, -0.05) is 13.0 Å². The van der Waals surface area contributed by atoms with E-state index >= 15 is 0 Å². The van der Waals surface area contributed by atoms with E-state index in [2.05, 4.69) is 16.7 Å². The number of carbonyl (C=O) groups is 2. The zero-order valence-electron chi connectivity index (χ0n) is 17.7. The summed E-state index contributed by atoms with van der Waals surface area (Å²) < 4.78 is 5.28. The van der Waals surface area contributed by atoms with Crippen LogP contribution in [0.1, 0.15) is 49.4 Å². The normalized spacial score (nSPS) is 27.6. The van der Waals surface area contributed by atoms with Gasteiger partial charge in [0.05, 0.1) is 12.5 Å². The molecule has 4 rings (SSSR count). The van der Waals surface area contributed by atoms with Gasteiger partial charge in [0.15, 0.2) is 0 Å². The van der Waals surface area contributed by atoms with Gasteiger partial charge in [-0.15, -0.1) is 0 Å². The van der Waals surface area contributed by atoms with E-state index in [1.807, 2.05) is 23.1 Å². The van der Waals surface area contributed by atoms with Crippen LogP contribution >= 0.6 is 0 Å². The van der Waals surface area contributed by atoms with Crippen LogP contribution in [0.5, 0.6) is 5.75 Å². The third-order valence-electron chi connectivity index (χ3n) is 7.25. The highest BCUT2D eigenvalue weighted by molar-refractivity contribution is 5.94. The standard InChI is InChI=1S/C23H33N3O3/c1-3-24-15-10-23(22(28)26-12-4-5-13-26)11-16-25(14-9-20(23)24)21(27)18-7-6-8-19(17-18)29-2/h6-8,17,20H,3-5,9-16H2,1-2H3/t20-,23-/m0/s1. The monoisotopic (exact) mass is 399 g/mol. The number of hydrogen-bond acceptors (Lipinski definition) is 4. The molecular formula is C23H33N3O3. The molecule has 0 radical (unpaired) electrons. The number of ether oxygens (including phenoxy) is 1. The molecule has 158 valence electrons. The van der Waals surface area contributed by atoms with E-state index < -0.39 is 0 Å². The lowest BCUT2D eigenvalue weighted by atomic mass is 9.75. The molecule has 1 aromatic rings. The van der Waals surface area contributed by atoms with E-state index in [1.165, 1.54) is 0 Å². The molecule has 2 atom stereocenters. The summed E-state index contributed by atoms with van der Waals surface area (Å²) in [7, 11) is 1.61. The van der Waals surface area contributed by atoms with Crippen molar-refractivity contribution in [2.24, 2.45) is 5.41 Å². The number of methoxy groups -OCH3 is 1. The van der Waals surface area contributed by atoms with Crippen molar-refractivity contribution in [3.05, 3.63) is 29.8 Å². The summed E-state index contributed by atoms with van der Waals surface area (Å²) >= 11 is 0. The minimum absolute atomic E-state index is 0.0377. The summed E-state index contributed by atoms with van der Waals surface area (Å²) in [4.78, 5) is 33.3. The molecule has 0 spiro atoms. The predicted molar refractivity (Wildman–Crippen MR) is 112 cm³/mol. The van der Waals surface area contributed by atoms with Gasteiger partial charge in [0.25, 0.3) is 5.91 Å². The fourth-order valence-corrected chi connectivity index (χ4v) is 5.60. The van der Waals surface area contributed by atoms with Crippen molar-refractivity contribution in [1.29, 1.82) is 0 Å². The maximum atomic E-state index is 13.6. The molecule has 0 unspecified atom stereocenters. The Morgan fingerprint density at radius 3 is 2.55 bits per heavy atom. The Bertz CT molecular complexity index is 761. The minimum atomic E-state index is -0.330. The smallest absolute Gasteiger partial charge is 0.253 e. The number of carbonyl (C=O) groups excluding carboxylic acids is 2. The van der Waals surface area contributed by atoms with Gasteiger partial charge in [0.1, 0.15) is 5.75 Å². The zero-order valence-corrected chi connectivity index (χ0v) is 17.7. The second-order valence-corrected chi connectivity index (χ2v) is 8.61. The second kappa shape index (κ2) is 8.34. The molecule has 29 heavy (non-hydrogen) atoms. The number of benzene rings is 1. The fraction of sp³-hybridized carbons (Fsp3) is 0.652. The number of hydrogen-bond donors (Lipinski definition) is 0. The van der Waals surface area contributed by atoms with Crippen LogP contribution in [0.25, 0.3) is 0 Å². The first-order chi connectivity index (χ1) is 14.1. The molecule has 0 aromatic heterocycles. The number of rotatable bonds is 4. The van der Waals surface area contributed by atoms with E-state index in [0.717, 1.165) is 58.3 Å². The molecule has 1 aromatic carbocycles. The van der Waals surface area contributed by atoms with E-state index in [-0.39, 0.29) is 17.4 Å². The summed E-state index contributed by atoms with van der Waals surface area (Å²) in [6, 6.07) is 7.60. The molecule has 3 heterocycles. The Labute approximate surface area is 173 Å². The van der Waals surface area contributed by atoms with Gasteiger partial charge in [0, 0.05) is 37.8 Å². The number of amides is 2. The van der Waals surface area contributed by atoms with Crippen molar-refractivity contribution in [3.8, 4) is 5.75 Å². The molecular weight excluding hydrogens is 366 g/mol. The minimum Gasteiger partial charge on any atom is -0.497 e. The molecule has 3 saturated heterocycles. The first kappa shape index (κ1) is 20.2. The first-order valence-corrected chi connectivity index (χ1v) is 11.1. The Balaban J connectivity index is 1.56. The highest BCUT2D eigenvalue weighted by atomic mass is 16.5. The Morgan fingerprint density at radius 1 is 1.07 bits per heavy atom. The van der Waals surface area contributed by atoms with Crippen LogP contribution in [-0.4, -0.2) is 78.9 Å². The summed E-state index contributed by atoms with van der Waals surface area (Å²) in [5.41, 5.74) is 0.327. The van der Waals surface area contributed by atoms with E-state index in [9.17, 15) is 9.59 Å². The van der Waals surface area contributed by atoms with E-state index in [4.69, 9.17) is 4.74 Å². The fourth-order valence-electron chi connectivity index (χ4n) is 5.60. The van der Waals surface area contributed by atoms with Gasteiger partial charge >= 0.3 is 0 Å². The van der Waals surface area contributed by atoms with Crippen LogP contribution in [0.3, 0.4) is 0 Å². The Kier molecular flexibility index (Phi) is 5.81. The topological polar surface area (TPSA) is 53.1 Å². The average molecular weight is 400 g/mol. The summed E-state index contributed by atoms with van der Waals surface area (Å²) in [5.74, 6) is 1.07. The molecule has 3 fully saturated rings. The molecule has 6 nitrogen and oxygen atoms in total. The predicted octanol–water partition coefficient (Wildman–Crippen LogP) is 2.63. The Morgan fingerprint density at radius 2 is 1.83 bits per heavy atom. The van der Waals surface area contributed by atoms with Crippen molar-refractivity contribution < 1.29 is 14.3 Å². The number of fused-ring (bicyclic) bond motifs is 1. The maximum Gasteiger partial charge on any atom is 0.253 e. The largest absolute Gasteiger partial charge is 0.497 e. The Hall–Kier alpha value is -2.08. The van der Waals surface area contributed by atoms with Crippen LogP contribution in [0, 0.1) is 5.41 Å². The molecule has 6 heteroatoms. The highest BCUT2D eigenvalue weighted by Gasteiger charge is 2.54. The van der Waals surface area contributed by atoms with Crippen LogP contribution in [-0.2, 0) is 4.79 Å².